The predicted octanol–water partition coefficient (Wildman–Crippen LogP) is 7.62. The van der Waals surface area contributed by atoms with Crippen LogP contribution in [0.15, 0.2) is 66.9 Å². The maximum absolute atomic E-state index is 12.7. The Kier molecular flexibility index (Phi) is 8.05. The fourth-order valence-corrected chi connectivity index (χ4v) is 6.00. The molecule has 0 radical (unpaired) electrons. The van der Waals surface area contributed by atoms with Gasteiger partial charge in [-0.15, -0.1) is 0 Å². The molecular formula is C33H36ClN5O2S. The number of ether oxygens (including phenoxy) is 1. The van der Waals surface area contributed by atoms with E-state index in [0.717, 1.165) is 44.6 Å². The van der Waals surface area contributed by atoms with Crippen molar-refractivity contribution in [2.24, 2.45) is 5.41 Å². The molecule has 42 heavy (non-hydrogen) atoms. The third kappa shape index (κ3) is 5.37. The van der Waals surface area contributed by atoms with Crippen molar-refractivity contribution < 1.29 is 9.53 Å². The van der Waals surface area contributed by atoms with Crippen molar-refractivity contribution in [1.29, 1.82) is 0 Å². The first-order valence-corrected chi connectivity index (χ1v) is 14.7. The first kappa shape index (κ1) is 29.6. The molecule has 0 bridgehead atoms. The zero-order valence-corrected chi connectivity index (χ0v) is 26.5. The van der Waals surface area contributed by atoms with E-state index < -0.39 is 5.41 Å². The number of nitrogens with one attached hydrogen (secondary N) is 2. The summed E-state index contributed by atoms with van der Waals surface area (Å²) in [4.78, 5) is 19.6. The number of carbonyl (C=O) groups is 1. The summed E-state index contributed by atoms with van der Waals surface area (Å²) in [6.07, 6.45) is 1.80. The van der Waals surface area contributed by atoms with Crippen LogP contribution in [0, 0.1) is 26.2 Å². The first-order valence-electron chi connectivity index (χ1n) is 13.9. The third-order valence-electron chi connectivity index (χ3n) is 7.76. The molecule has 2 aromatic carbocycles. The summed E-state index contributed by atoms with van der Waals surface area (Å²) in [6, 6.07) is 19.4. The van der Waals surface area contributed by atoms with E-state index in [1.165, 1.54) is 0 Å². The molecule has 2 atom stereocenters. The van der Waals surface area contributed by atoms with Crippen LogP contribution in [0.3, 0.4) is 0 Å². The van der Waals surface area contributed by atoms with Gasteiger partial charge in [0, 0.05) is 45.5 Å². The number of rotatable bonds is 6. The molecule has 0 aliphatic carbocycles. The van der Waals surface area contributed by atoms with Gasteiger partial charge in [0.15, 0.2) is 5.11 Å². The molecule has 2 N–H and O–H groups in total. The smallest absolute Gasteiger partial charge is 0.229 e. The monoisotopic (exact) mass is 601 g/mol. The number of methoxy groups -OCH3 is 1. The van der Waals surface area contributed by atoms with Gasteiger partial charge in [0.25, 0.3) is 0 Å². The minimum atomic E-state index is -0.547. The van der Waals surface area contributed by atoms with Gasteiger partial charge in [-0.1, -0.05) is 44.5 Å². The fraction of sp³-hybridized carbons (Fsp3) is 0.303. The Balaban J connectivity index is 1.64. The van der Waals surface area contributed by atoms with Crippen LogP contribution < -0.4 is 20.3 Å². The minimum absolute atomic E-state index is 0.0937. The highest BCUT2D eigenvalue weighted by Gasteiger charge is 2.42. The van der Waals surface area contributed by atoms with E-state index in [1.807, 2.05) is 76.2 Å². The molecule has 4 aromatic rings. The van der Waals surface area contributed by atoms with Crippen molar-refractivity contribution in [2.75, 3.05) is 17.3 Å². The fourth-order valence-electron chi connectivity index (χ4n) is 5.49. The van der Waals surface area contributed by atoms with E-state index in [2.05, 4.69) is 46.1 Å². The van der Waals surface area contributed by atoms with Gasteiger partial charge in [0.1, 0.15) is 5.75 Å². The second kappa shape index (κ2) is 11.4. The molecule has 1 aliphatic rings. The van der Waals surface area contributed by atoms with Gasteiger partial charge >= 0.3 is 0 Å². The number of halogens is 1. The molecule has 218 valence electrons. The predicted molar refractivity (Wildman–Crippen MR) is 174 cm³/mol. The second-order valence-corrected chi connectivity index (χ2v) is 12.4. The van der Waals surface area contributed by atoms with Crippen molar-refractivity contribution in [3.63, 3.8) is 0 Å². The summed E-state index contributed by atoms with van der Waals surface area (Å²) in [5.74, 6) is 0.455. The Morgan fingerprint density at radius 3 is 2.50 bits per heavy atom. The number of pyridine rings is 1. The van der Waals surface area contributed by atoms with Crippen molar-refractivity contribution in [3.8, 4) is 11.4 Å². The third-order valence-corrected chi connectivity index (χ3v) is 8.48. The molecule has 1 fully saturated rings. The van der Waals surface area contributed by atoms with Gasteiger partial charge in [-0.25, -0.2) is 0 Å². The number of hydrogen-bond acceptors (Lipinski definition) is 4. The van der Waals surface area contributed by atoms with Crippen LogP contribution in [-0.4, -0.2) is 27.7 Å². The zero-order chi connectivity index (χ0) is 30.3. The number of nitrogens with zero attached hydrogens (tertiary/aromatic N) is 3. The van der Waals surface area contributed by atoms with E-state index >= 15 is 0 Å². The van der Waals surface area contributed by atoms with Crippen molar-refractivity contribution >= 4 is 46.2 Å². The van der Waals surface area contributed by atoms with Gasteiger partial charge in [-0.05, 0) is 86.6 Å². The maximum atomic E-state index is 12.7. The molecule has 3 heterocycles. The molecule has 1 amide bonds. The van der Waals surface area contributed by atoms with Gasteiger partial charge in [0.05, 0.1) is 30.6 Å². The number of aromatic nitrogens is 2. The van der Waals surface area contributed by atoms with E-state index in [9.17, 15) is 4.79 Å². The highest BCUT2D eigenvalue weighted by Crippen LogP contribution is 2.45. The number of carbonyl (C=O) groups excluding carboxylic acids is 1. The molecule has 0 unspecified atom stereocenters. The summed E-state index contributed by atoms with van der Waals surface area (Å²) in [6.45, 7) is 11.9. The first-order chi connectivity index (χ1) is 19.9. The highest BCUT2D eigenvalue weighted by atomic mass is 35.5. The zero-order valence-electron chi connectivity index (χ0n) is 24.9. The van der Waals surface area contributed by atoms with Gasteiger partial charge in [-0.3, -0.25) is 9.78 Å². The molecule has 2 aromatic heterocycles. The minimum Gasteiger partial charge on any atom is -0.494 e. The van der Waals surface area contributed by atoms with Crippen LogP contribution >= 0.6 is 23.8 Å². The lowest BCUT2D eigenvalue weighted by Gasteiger charge is -2.29. The molecule has 0 saturated carbocycles. The lowest BCUT2D eigenvalue weighted by molar-refractivity contribution is -0.123. The van der Waals surface area contributed by atoms with Crippen LogP contribution in [0.5, 0.6) is 5.75 Å². The SMILES string of the molecule is COc1cc(N2C(=S)N[C@H](c3ccccn3)[C@H]2c2cc(C)n(-c3cccc(Cl)c3C)c2C)ccc1NC(=O)C(C)(C)C. The normalized spacial score (nSPS) is 16.9. The summed E-state index contributed by atoms with van der Waals surface area (Å²) < 4.78 is 7.99. The topological polar surface area (TPSA) is 71.4 Å². The summed E-state index contributed by atoms with van der Waals surface area (Å²) in [5.41, 5.74) is 7.12. The number of hydrogen-bond donors (Lipinski definition) is 2. The van der Waals surface area contributed by atoms with E-state index in [4.69, 9.17) is 33.5 Å². The molecule has 5 rings (SSSR count). The number of aryl methyl sites for hydroxylation is 1. The van der Waals surface area contributed by atoms with Crippen LogP contribution in [-0.2, 0) is 4.79 Å². The summed E-state index contributed by atoms with van der Waals surface area (Å²) in [5, 5.41) is 7.85. The van der Waals surface area contributed by atoms with Crippen LogP contribution in [0.2, 0.25) is 5.02 Å². The van der Waals surface area contributed by atoms with E-state index in [0.29, 0.717) is 16.5 Å². The van der Waals surface area contributed by atoms with E-state index in [-0.39, 0.29) is 18.0 Å². The molecule has 9 heteroatoms. The Hall–Kier alpha value is -3.88. The maximum Gasteiger partial charge on any atom is 0.229 e. The molecule has 1 aliphatic heterocycles. The van der Waals surface area contributed by atoms with Crippen molar-refractivity contribution in [3.05, 3.63) is 100 Å². The van der Waals surface area contributed by atoms with Gasteiger partial charge < -0.3 is 24.8 Å². The number of benzene rings is 2. The Morgan fingerprint density at radius 2 is 1.83 bits per heavy atom. The number of amides is 1. The Labute approximate surface area is 257 Å². The molecule has 0 spiro atoms. The lowest BCUT2D eigenvalue weighted by atomic mass is 9.95. The standard InChI is InChI=1S/C33H36ClN5O2S/c1-19-17-23(21(3)38(19)27-13-10-11-24(34)20(27)2)30-29(26-12-8-9-16-35-26)37-32(42)39(30)22-14-15-25(28(18-22)41-7)36-31(40)33(4,5)6/h8-18,29-30H,1-7H3,(H,36,40)(H,37,42)/t29-,30-/m1/s1. The van der Waals surface area contributed by atoms with Crippen LogP contribution in [0.25, 0.3) is 5.69 Å². The van der Waals surface area contributed by atoms with Gasteiger partial charge in [-0.2, -0.15) is 0 Å². The molecule has 7 nitrogen and oxygen atoms in total. The summed E-state index contributed by atoms with van der Waals surface area (Å²) >= 11 is 12.5. The second-order valence-electron chi connectivity index (χ2n) is 11.6. The molecule has 1 saturated heterocycles. The number of anilines is 2. The highest BCUT2D eigenvalue weighted by molar-refractivity contribution is 7.80. The Morgan fingerprint density at radius 1 is 1.07 bits per heavy atom. The summed E-state index contributed by atoms with van der Waals surface area (Å²) in [7, 11) is 1.60. The van der Waals surface area contributed by atoms with Crippen LogP contribution in [0.1, 0.15) is 61.1 Å². The van der Waals surface area contributed by atoms with Crippen LogP contribution in [0.4, 0.5) is 11.4 Å². The average Bonchev–Trinajstić information content (AvgIpc) is 3.45. The lowest BCUT2D eigenvalue weighted by Crippen LogP contribution is -2.30. The average molecular weight is 602 g/mol. The number of thiocarbonyl (C=S) groups is 1. The van der Waals surface area contributed by atoms with E-state index in [1.54, 1.807) is 13.3 Å². The van der Waals surface area contributed by atoms with Crippen molar-refractivity contribution in [2.45, 2.75) is 53.6 Å². The quantitative estimate of drug-likeness (QED) is 0.222. The Bertz CT molecular complexity index is 1660. The van der Waals surface area contributed by atoms with Crippen molar-refractivity contribution in [1.82, 2.24) is 14.9 Å². The largest absolute Gasteiger partial charge is 0.494 e. The van der Waals surface area contributed by atoms with Gasteiger partial charge in [0.2, 0.25) is 5.91 Å². The molecular weight excluding hydrogens is 566 g/mol.